The Morgan fingerprint density at radius 2 is 2.07 bits per heavy atom. The van der Waals surface area contributed by atoms with Gasteiger partial charge in [0.15, 0.2) is 0 Å². The molecule has 0 unspecified atom stereocenters. The summed E-state index contributed by atoms with van der Waals surface area (Å²) in [6.07, 6.45) is 14.6. The van der Waals surface area contributed by atoms with E-state index in [1.165, 1.54) is 55.4 Å². The minimum Gasteiger partial charge on any atom is -0.465 e. The van der Waals surface area contributed by atoms with Gasteiger partial charge in [-0.15, -0.1) is 22.9 Å². The van der Waals surface area contributed by atoms with E-state index in [0.717, 1.165) is 19.3 Å². The lowest BCUT2D eigenvalue weighted by molar-refractivity contribution is 0.0606. The van der Waals surface area contributed by atoms with Crippen LogP contribution in [0, 0.1) is 17.8 Å². The molecule has 27 heavy (non-hydrogen) atoms. The lowest BCUT2D eigenvalue weighted by atomic mass is 9.85. The third kappa shape index (κ3) is 5.58. The van der Waals surface area contributed by atoms with Gasteiger partial charge >= 0.3 is 5.97 Å². The van der Waals surface area contributed by atoms with Gasteiger partial charge in [-0.05, 0) is 62.5 Å². The Morgan fingerprint density at radius 1 is 1.30 bits per heavy atom. The van der Waals surface area contributed by atoms with Crippen LogP contribution in [0.4, 0.5) is 0 Å². The Balaban J connectivity index is 1.52. The number of aliphatic hydroxyl groups excluding tert-OH is 1. The maximum Gasteiger partial charge on any atom is 0.348 e. The van der Waals surface area contributed by atoms with Crippen molar-refractivity contribution < 1.29 is 14.6 Å². The van der Waals surface area contributed by atoms with Crippen LogP contribution < -0.4 is 0 Å². The van der Waals surface area contributed by atoms with Gasteiger partial charge in [0.1, 0.15) is 4.88 Å². The summed E-state index contributed by atoms with van der Waals surface area (Å²) in [6.45, 7) is 0. The molecule has 2 fully saturated rings. The average molecular weight is 411 g/mol. The van der Waals surface area contributed by atoms with Gasteiger partial charge in [0.25, 0.3) is 0 Å². The van der Waals surface area contributed by atoms with Gasteiger partial charge in [0, 0.05) is 16.2 Å². The maximum atomic E-state index is 11.6. The summed E-state index contributed by atoms with van der Waals surface area (Å²) in [6, 6.07) is 3.85. The van der Waals surface area contributed by atoms with Crippen LogP contribution in [0.5, 0.6) is 0 Å². The topological polar surface area (TPSA) is 46.5 Å². The molecule has 2 aliphatic carbocycles. The Bertz CT molecular complexity index is 635. The van der Waals surface area contributed by atoms with Crippen molar-refractivity contribution in [3.8, 4) is 0 Å². The molecule has 2 aliphatic rings. The molecule has 1 N–H and O–H groups in total. The summed E-state index contributed by atoms with van der Waals surface area (Å²) >= 11 is 8.09. The summed E-state index contributed by atoms with van der Waals surface area (Å²) in [4.78, 5) is 13.4. The van der Waals surface area contributed by atoms with Crippen LogP contribution in [0.2, 0.25) is 0 Å². The summed E-state index contributed by atoms with van der Waals surface area (Å²) in [5, 5.41) is 10.5. The molecule has 4 atom stereocenters. The largest absolute Gasteiger partial charge is 0.465 e. The molecule has 3 nitrogen and oxygen atoms in total. The Kier molecular flexibility index (Phi) is 7.80. The number of rotatable bonds is 7. The van der Waals surface area contributed by atoms with Crippen molar-refractivity contribution in [2.45, 2.75) is 69.3 Å². The third-order valence-electron chi connectivity index (χ3n) is 6.13. The SMILES string of the molecule is COC(=O)c1ccc(CCC[C@@H]2[C@@H](C=CC3CCCCC3)[C@H](O)C[C@H]2Cl)s1. The van der Waals surface area contributed by atoms with Crippen molar-refractivity contribution in [3.05, 3.63) is 34.0 Å². The number of allylic oxidation sites excluding steroid dienone is 1. The molecule has 0 aliphatic heterocycles. The standard InChI is InChI=1S/C22H31ClO3S/c1-26-22(25)21-13-11-16(27-21)8-5-9-17-18(20(24)14-19(17)23)12-10-15-6-3-2-4-7-15/h10-13,15,17-20,24H,2-9,14H2,1H3/t17-,18-,19-,20-/m1/s1. The zero-order valence-electron chi connectivity index (χ0n) is 16.1. The van der Waals surface area contributed by atoms with Gasteiger partial charge in [0.2, 0.25) is 0 Å². The lowest BCUT2D eigenvalue weighted by Crippen LogP contribution is -2.19. The summed E-state index contributed by atoms with van der Waals surface area (Å²) in [5.74, 6) is 0.938. The van der Waals surface area contributed by atoms with Crippen LogP contribution >= 0.6 is 22.9 Å². The number of carbonyl (C=O) groups is 1. The van der Waals surface area contributed by atoms with Crippen molar-refractivity contribution in [2.75, 3.05) is 7.11 Å². The second-order valence-corrected chi connectivity index (χ2v) is 9.72. The van der Waals surface area contributed by atoms with E-state index < -0.39 is 0 Å². The van der Waals surface area contributed by atoms with E-state index in [0.29, 0.717) is 23.1 Å². The molecule has 150 valence electrons. The average Bonchev–Trinajstić information content (AvgIpc) is 3.25. The smallest absolute Gasteiger partial charge is 0.348 e. The molecule has 1 aromatic heterocycles. The predicted octanol–water partition coefficient (Wildman–Crippen LogP) is 5.60. The number of methoxy groups -OCH3 is 1. The van der Waals surface area contributed by atoms with Gasteiger partial charge in [-0.3, -0.25) is 0 Å². The molecule has 0 spiro atoms. The summed E-state index contributed by atoms with van der Waals surface area (Å²) in [5.41, 5.74) is 0. The third-order valence-corrected chi connectivity index (χ3v) is 7.76. The number of hydrogen-bond acceptors (Lipinski definition) is 4. The monoisotopic (exact) mass is 410 g/mol. The highest BCUT2D eigenvalue weighted by Crippen LogP contribution is 2.40. The van der Waals surface area contributed by atoms with E-state index in [1.54, 1.807) is 0 Å². The number of hydrogen-bond donors (Lipinski definition) is 1. The molecular formula is C22H31ClO3S. The number of aryl methyl sites for hydroxylation is 1. The predicted molar refractivity (Wildman–Crippen MR) is 112 cm³/mol. The molecule has 0 amide bonds. The quantitative estimate of drug-likeness (QED) is 0.361. The van der Waals surface area contributed by atoms with Gasteiger partial charge in [0.05, 0.1) is 13.2 Å². The zero-order chi connectivity index (χ0) is 19.2. The fourth-order valence-corrected chi connectivity index (χ4v) is 6.02. The molecule has 2 saturated carbocycles. The van der Waals surface area contributed by atoms with Crippen molar-refractivity contribution >= 4 is 28.9 Å². The van der Waals surface area contributed by atoms with E-state index in [1.807, 2.05) is 12.1 Å². The maximum absolute atomic E-state index is 11.6. The molecule has 0 radical (unpaired) electrons. The number of esters is 1. The highest BCUT2D eigenvalue weighted by Gasteiger charge is 2.39. The second-order valence-electron chi connectivity index (χ2n) is 7.99. The van der Waals surface area contributed by atoms with Crippen LogP contribution in [0.1, 0.15) is 65.9 Å². The second kappa shape index (κ2) is 10.1. The first-order valence-corrected chi connectivity index (χ1v) is 11.5. The lowest BCUT2D eigenvalue weighted by Gasteiger charge is -2.22. The Labute approximate surface area is 171 Å². The van der Waals surface area contributed by atoms with Crippen molar-refractivity contribution in [1.29, 1.82) is 0 Å². The Morgan fingerprint density at radius 3 is 2.81 bits per heavy atom. The highest BCUT2D eigenvalue weighted by molar-refractivity contribution is 7.13. The number of ether oxygens (including phenoxy) is 1. The molecule has 0 aromatic carbocycles. The van der Waals surface area contributed by atoms with E-state index in [4.69, 9.17) is 16.3 Å². The summed E-state index contributed by atoms with van der Waals surface area (Å²) in [7, 11) is 1.41. The number of aliphatic hydroxyl groups is 1. The van der Waals surface area contributed by atoms with Crippen LogP contribution in [0.3, 0.4) is 0 Å². The van der Waals surface area contributed by atoms with Gasteiger partial charge in [-0.1, -0.05) is 31.4 Å². The molecule has 1 heterocycles. The van der Waals surface area contributed by atoms with Crippen LogP contribution in [0.25, 0.3) is 0 Å². The number of thiophene rings is 1. The molecule has 1 aromatic rings. The minimum atomic E-state index is -0.315. The molecule has 3 rings (SSSR count). The first-order valence-electron chi connectivity index (χ1n) is 10.3. The van der Waals surface area contributed by atoms with Gasteiger partial charge in [-0.25, -0.2) is 4.79 Å². The molecule has 0 saturated heterocycles. The number of alkyl halides is 1. The molecular weight excluding hydrogens is 380 g/mol. The van der Waals surface area contributed by atoms with E-state index >= 15 is 0 Å². The van der Waals surface area contributed by atoms with Crippen molar-refractivity contribution in [1.82, 2.24) is 0 Å². The minimum absolute atomic E-state index is 0.0509. The fraction of sp³-hybridized carbons (Fsp3) is 0.682. The van der Waals surface area contributed by atoms with Crippen LogP contribution in [-0.2, 0) is 11.2 Å². The van der Waals surface area contributed by atoms with Crippen LogP contribution in [-0.4, -0.2) is 29.7 Å². The zero-order valence-corrected chi connectivity index (χ0v) is 17.7. The number of carbonyl (C=O) groups excluding carboxylic acids is 1. The van der Waals surface area contributed by atoms with Gasteiger partial charge in [-0.2, -0.15) is 0 Å². The van der Waals surface area contributed by atoms with Crippen LogP contribution in [0.15, 0.2) is 24.3 Å². The highest BCUT2D eigenvalue weighted by atomic mass is 35.5. The Hall–Kier alpha value is -0.840. The van der Waals surface area contributed by atoms with E-state index in [9.17, 15) is 9.90 Å². The van der Waals surface area contributed by atoms with Gasteiger partial charge < -0.3 is 9.84 Å². The van der Waals surface area contributed by atoms with Crippen molar-refractivity contribution in [3.63, 3.8) is 0 Å². The number of halogens is 1. The fourth-order valence-electron chi connectivity index (χ4n) is 4.58. The van der Waals surface area contributed by atoms with E-state index in [2.05, 4.69) is 12.2 Å². The first kappa shape index (κ1) is 20.9. The normalized spacial score (nSPS) is 29.4. The molecule has 0 bridgehead atoms. The van der Waals surface area contributed by atoms with E-state index in [-0.39, 0.29) is 23.4 Å². The summed E-state index contributed by atoms with van der Waals surface area (Å²) < 4.78 is 4.77. The molecule has 5 heteroatoms. The first-order chi connectivity index (χ1) is 13.1. The van der Waals surface area contributed by atoms with Crippen molar-refractivity contribution in [2.24, 2.45) is 17.8 Å².